The zero-order valence-corrected chi connectivity index (χ0v) is 9.55. The molecular formula is C6HN9O6. The molecule has 0 unspecified atom stereocenters. The van der Waals surface area contributed by atoms with Gasteiger partial charge in [-0.05, 0) is 0 Å². The highest BCUT2D eigenvalue weighted by Crippen LogP contribution is 2.24. The fourth-order valence-electron chi connectivity index (χ4n) is 1.38. The average Bonchev–Trinajstić information content (AvgIpc) is 2.39. The molecule has 1 aliphatic carbocycles. The zero-order valence-electron chi connectivity index (χ0n) is 9.55. The molecule has 0 spiro atoms. The molecule has 0 radical (unpaired) electrons. The third kappa shape index (κ3) is 2.73. The second-order valence-corrected chi connectivity index (χ2v) is 3.11. The van der Waals surface area contributed by atoms with Crippen LogP contribution in [-0.2, 0) is 0 Å². The Kier molecular flexibility index (Phi) is 4.16. The van der Waals surface area contributed by atoms with Crippen molar-refractivity contribution in [3.63, 3.8) is 0 Å². The Hall–Kier alpha value is -3.96. The minimum absolute atomic E-state index is 0.412. The quantitative estimate of drug-likeness (QED) is 0.235. The first-order chi connectivity index (χ1) is 9.84. The van der Waals surface area contributed by atoms with E-state index < -0.39 is 43.3 Å². The van der Waals surface area contributed by atoms with Crippen molar-refractivity contribution in [2.75, 3.05) is 0 Å². The molecule has 0 atom stereocenters. The predicted molar refractivity (Wildman–Crippen MR) is 61.8 cm³/mol. The highest BCUT2D eigenvalue weighted by Gasteiger charge is 2.49. The number of nitrogens with zero attached hydrogens (tertiary/aromatic N) is 9. The van der Waals surface area contributed by atoms with Gasteiger partial charge in [-0.15, -0.1) is 0 Å². The van der Waals surface area contributed by atoms with Crippen LogP contribution in [0, 0.1) is 35.7 Å². The van der Waals surface area contributed by atoms with Crippen molar-refractivity contribution in [3.8, 4) is 0 Å². The fraction of sp³-hybridized carbons (Fsp3) is 0. The standard InChI is InChI=1S/C6HN9O6/c7-11-9-2-1-3(13(16)17)5(14(18)19)6(15(20)21)4(2)10-12-8/h1H. The van der Waals surface area contributed by atoms with Crippen LogP contribution in [0.15, 0.2) is 38.6 Å². The Morgan fingerprint density at radius 3 is 2.05 bits per heavy atom. The van der Waals surface area contributed by atoms with E-state index in [1.54, 1.807) is 0 Å². The molecule has 0 bridgehead atoms. The summed E-state index contributed by atoms with van der Waals surface area (Å²) in [7, 11) is 0. The molecule has 15 heteroatoms. The molecule has 1 aliphatic rings. The summed E-state index contributed by atoms with van der Waals surface area (Å²) in [5.74, 6) is 0. The van der Waals surface area contributed by atoms with Gasteiger partial charge < -0.3 is 10.6 Å². The smallest absolute Gasteiger partial charge is 0.362 e. The van der Waals surface area contributed by atoms with Crippen LogP contribution in [-0.4, -0.2) is 26.2 Å². The van der Waals surface area contributed by atoms with Gasteiger partial charge in [0, 0.05) is 11.8 Å². The van der Waals surface area contributed by atoms with E-state index in [4.69, 9.17) is 10.9 Å². The van der Waals surface area contributed by atoms with Crippen LogP contribution in [0.1, 0.15) is 0 Å². The number of nitro groups is 3. The number of rotatable bonds is 4. The topological polar surface area (TPSA) is 217 Å². The highest BCUT2D eigenvalue weighted by atomic mass is 16.6. The molecule has 0 amide bonds. The lowest BCUT2D eigenvalue weighted by Crippen LogP contribution is -2.30. The first kappa shape index (κ1) is 15.1. The minimum Gasteiger partial charge on any atom is -0.362 e. The van der Waals surface area contributed by atoms with Crippen molar-refractivity contribution in [1.29, 1.82) is 5.39 Å². The molecule has 0 aliphatic heterocycles. The van der Waals surface area contributed by atoms with E-state index in [0.717, 1.165) is 0 Å². The average molecular weight is 295 g/mol. The van der Waals surface area contributed by atoms with Crippen LogP contribution in [0.4, 0.5) is 0 Å². The lowest BCUT2D eigenvalue weighted by molar-refractivity contribution is -0.497. The molecule has 0 heterocycles. The van der Waals surface area contributed by atoms with Crippen molar-refractivity contribution >= 4 is 11.4 Å². The summed E-state index contributed by atoms with van der Waals surface area (Å²) >= 11 is 0. The fourth-order valence-corrected chi connectivity index (χ4v) is 1.38. The lowest BCUT2D eigenvalue weighted by atomic mass is 10.0. The van der Waals surface area contributed by atoms with Gasteiger partial charge in [-0.1, -0.05) is 0 Å². The van der Waals surface area contributed by atoms with Gasteiger partial charge in [0.25, 0.3) is 5.39 Å². The van der Waals surface area contributed by atoms with Gasteiger partial charge >= 0.3 is 22.2 Å². The third-order valence-electron chi connectivity index (χ3n) is 2.07. The summed E-state index contributed by atoms with van der Waals surface area (Å²) in [6.07, 6.45) is 0.412. The Balaban J connectivity index is 3.88. The van der Waals surface area contributed by atoms with Crippen molar-refractivity contribution in [1.82, 2.24) is 0 Å². The van der Waals surface area contributed by atoms with E-state index in [0.29, 0.717) is 6.08 Å². The Labute approximate surface area is 112 Å². The maximum Gasteiger partial charge on any atom is 0.424 e. The molecule has 0 fully saturated rings. The predicted octanol–water partition coefficient (Wildman–Crippen LogP) is 0.512. The zero-order chi connectivity index (χ0) is 16.2. The SMILES string of the molecule is N#[N+]N=C1C(=NN=[N-])C=C([N+](=O)[O-])C([N+](=O)[O-])=C1[N+](=O)[O-]. The van der Waals surface area contributed by atoms with E-state index in [1.165, 1.54) is 0 Å². The molecule has 15 nitrogen and oxygen atoms in total. The second-order valence-electron chi connectivity index (χ2n) is 3.11. The van der Waals surface area contributed by atoms with Gasteiger partial charge in [0.15, 0.2) is 5.10 Å². The second kappa shape index (κ2) is 5.79. The van der Waals surface area contributed by atoms with Crippen LogP contribution in [0.2, 0.25) is 0 Å². The molecule has 0 N–H and O–H groups in total. The van der Waals surface area contributed by atoms with Crippen LogP contribution in [0.5, 0.6) is 0 Å². The van der Waals surface area contributed by atoms with Crippen molar-refractivity contribution in [3.05, 3.63) is 64.1 Å². The first-order valence-corrected chi connectivity index (χ1v) is 4.59. The largest absolute Gasteiger partial charge is 0.424 e. The number of diazo groups is 1. The van der Waals surface area contributed by atoms with E-state index >= 15 is 0 Å². The van der Waals surface area contributed by atoms with Crippen molar-refractivity contribution in [2.24, 2.45) is 15.4 Å². The van der Waals surface area contributed by atoms with Crippen molar-refractivity contribution < 1.29 is 14.8 Å². The monoisotopic (exact) mass is 295 g/mol. The van der Waals surface area contributed by atoms with Crippen molar-refractivity contribution in [2.45, 2.75) is 0 Å². The molecule has 0 aromatic carbocycles. The molecule has 106 valence electrons. The Morgan fingerprint density at radius 1 is 1.10 bits per heavy atom. The minimum atomic E-state index is -1.48. The van der Waals surface area contributed by atoms with E-state index in [-0.39, 0.29) is 0 Å². The Bertz CT molecular complexity index is 722. The molecule has 1 rings (SSSR count). The molecule has 0 saturated heterocycles. The van der Waals surface area contributed by atoms with Gasteiger partial charge in [0.2, 0.25) is 5.71 Å². The normalized spacial score (nSPS) is 18.1. The van der Waals surface area contributed by atoms with Crippen LogP contribution in [0.25, 0.3) is 10.6 Å². The van der Waals surface area contributed by atoms with Crippen LogP contribution >= 0.6 is 0 Å². The van der Waals surface area contributed by atoms with Gasteiger partial charge in [-0.25, -0.2) is 0 Å². The summed E-state index contributed by atoms with van der Waals surface area (Å²) in [6.45, 7) is 0. The molecule has 0 saturated carbocycles. The highest BCUT2D eigenvalue weighted by molar-refractivity contribution is 6.52. The molecule has 21 heavy (non-hydrogen) atoms. The van der Waals surface area contributed by atoms with Gasteiger partial charge in [-0.3, -0.25) is 35.6 Å². The summed E-state index contributed by atoms with van der Waals surface area (Å²) in [5.41, 5.74) is 2.34. The molecular weight excluding hydrogens is 294 g/mol. The number of allylic oxidation sites excluding steroid dienone is 2. The third-order valence-corrected chi connectivity index (χ3v) is 2.07. The summed E-state index contributed by atoms with van der Waals surface area (Å²) < 4.78 is 0. The van der Waals surface area contributed by atoms with Gasteiger partial charge in [0.1, 0.15) is 0 Å². The summed E-state index contributed by atoms with van der Waals surface area (Å²) in [5, 5.41) is 51.0. The van der Waals surface area contributed by atoms with Crippen LogP contribution in [0.3, 0.4) is 0 Å². The summed E-state index contributed by atoms with van der Waals surface area (Å²) in [4.78, 5) is 28.5. The maximum absolute atomic E-state index is 10.9. The van der Waals surface area contributed by atoms with Gasteiger partial charge in [0.05, 0.1) is 14.8 Å². The lowest BCUT2D eigenvalue weighted by Gasteiger charge is -2.08. The maximum atomic E-state index is 10.9. The number of hydrogen-bond acceptors (Lipinski definition) is 9. The van der Waals surface area contributed by atoms with E-state index in [9.17, 15) is 30.3 Å². The van der Waals surface area contributed by atoms with E-state index in [1.807, 2.05) is 0 Å². The van der Waals surface area contributed by atoms with Crippen LogP contribution < -0.4 is 0 Å². The number of hydrogen-bond donors (Lipinski definition) is 0. The first-order valence-electron chi connectivity index (χ1n) is 4.59. The molecule has 0 aromatic rings. The van der Waals surface area contributed by atoms with E-state index in [2.05, 4.69) is 20.5 Å². The van der Waals surface area contributed by atoms with Gasteiger partial charge in [-0.2, -0.15) is 0 Å². The molecule has 0 aromatic heterocycles. The Morgan fingerprint density at radius 2 is 1.67 bits per heavy atom. The summed E-state index contributed by atoms with van der Waals surface area (Å²) in [6, 6.07) is 0.